The molecule has 0 aliphatic carbocycles. The number of aromatic nitrogens is 2. The van der Waals surface area contributed by atoms with Crippen LogP contribution in [0.1, 0.15) is 80.9 Å². The van der Waals surface area contributed by atoms with Crippen LogP contribution in [-0.2, 0) is 15.0 Å². The van der Waals surface area contributed by atoms with Gasteiger partial charge in [0.05, 0.1) is 11.0 Å². The summed E-state index contributed by atoms with van der Waals surface area (Å²) in [4.78, 5) is 35.6. The maximum atomic E-state index is 13.8. The molecule has 3 aliphatic rings. The highest BCUT2D eigenvalue weighted by Gasteiger charge is 2.44. The number of carbonyl (C=O) groups excluding carboxylic acids is 2. The van der Waals surface area contributed by atoms with Gasteiger partial charge in [0.1, 0.15) is 11.9 Å². The van der Waals surface area contributed by atoms with Crippen molar-refractivity contribution < 1.29 is 9.59 Å². The van der Waals surface area contributed by atoms with E-state index in [9.17, 15) is 9.59 Å². The largest absolute Gasteiger partial charge is 0.341 e. The van der Waals surface area contributed by atoms with E-state index in [1.165, 1.54) is 43.7 Å². The number of benzene rings is 3. The fourth-order valence-electron chi connectivity index (χ4n) is 8.74. The van der Waals surface area contributed by atoms with Gasteiger partial charge < -0.3 is 14.8 Å². The maximum absolute atomic E-state index is 13.8. The minimum Gasteiger partial charge on any atom is -0.341 e. The van der Waals surface area contributed by atoms with Crippen LogP contribution < -0.4 is 5.32 Å². The first-order valence-corrected chi connectivity index (χ1v) is 16.8. The number of nitrogens with zero attached hydrogens (tertiary/aromatic N) is 4. The van der Waals surface area contributed by atoms with Crippen molar-refractivity contribution in [3.05, 3.63) is 102 Å². The molecule has 3 fully saturated rings. The molecule has 3 saturated heterocycles. The van der Waals surface area contributed by atoms with E-state index < -0.39 is 6.04 Å². The third-order valence-corrected chi connectivity index (χ3v) is 11.0. The van der Waals surface area contributed by atoms with E-state index in [4.69, 9.17) is 4.98 Å². The summed E-state index contributed by atoms with van der Waals surface area (Å²) in [6.45, 7) is 6.12. The Bertz CT molecular complexity index is 1630. The Morgan fingerprint density at radius 2 is 1.49 bits per heavy atom. The summed E-state index contributed by atoms with van der Waals surface area (Å²) in [5, 5.41) is 2.91. The standard InChI is InChI=1S/C38H45N5O2/c1-27-39-34-15-9-10-16-35(34)43(27)33-25-31-17-18-32(26-33)42(31)24-21-38(30-13-7-4-8-14-30)19-22-41(23-20-38)37(45)36(40-28(2)44)29-11-5-3-6-12-29/h3-16,31-33,36H,17-26H2,1-2H3,(H,40,44)/t31-,32+,33+,36?. The Hall–Kier alpha value is -3.97. The number of amides is 2. The monoisotopic (exact) mass is 603 g/mol. The average molecular weight is 604 g/mol. The summed E-state index contributed by atoms with van der Waals surface area (Å²) in [5.74, 6) is 0.925. The summed E-state index contributed by atoms with van der Waals surface area (Å²) in [6.07, 6.45) is 7.86. The van der Waals surface area contributed by atoms with Gasteiger partial charge in [-0.1, -0.05) is 72.8 Å². The van der Waals surface area contributed by atoms with Crippen molar-refractivity contribution in [1.82, 2.24) is 24.7 Å². The zero-order valence-corrected chi connectivity index (χ0v) is 26.6. The van der Waals surface area contributed by atoms with Crippen LogP contribution in [0.3, 0.4) is 0 Å². The Labute approximate surface area is 266 Å². The number of para-hydroxylation sites is 2. The summed E-state index contributed by atoms with van der Waals surface area (Å²) in [7, 11) is 0. The first-order valence-electron chi connectivity index (χ1n) is 16.8. The quantitative estimate of drug-likeness (QED) is 0.255. The fraction of sp³-hybridized carbons (Fsp3) is 0.447. The first kappa shape index (κ1) is 29.7. The average Bonchev–Trinajstić information content (AvgIpc) is 3.53. The molecule has 7 heteroatoms. The molecule has 2 amide bonds. The van der Waals surface area contributed by atoms with E-state index in [0.717, 1.165) is 42.7 Å². The zero-order valence-electron chi connectivity index (χ0n) is 26.6. The van der Waals surface area contributed by atoms with Crippen molar-refractivity contribution in [3.8, 4) is 0 Å². The van der Waals surface area contributed by atoms with Crippen LogP contribution >= 0.6 is 0 Å². The maximum Gasteiger partial charge on any atom is 0.249 e. The summed E-state index contributed by atoms with van der Waals surface area (Å²) in [6, 6.07) is 30.2. The summed E-state index contributed by atoms with van der Waals surface area (Å²) in [5.41, 5.74) is 4.62. The van der Waals surface area contributed by atoms with Crippen LogP contribution in [-0.4, -0.2) is 62.9 Å². The molecule has 1 aromatic heterocycles. The lowest BCUT2D eigenvalue weighted by Crippen LogP contribution is -2.51. The Kier molecular flexibility index (Phi) is 8.21. The van der Waals surface area contributed by atoms with Crippen LogP contribution in [0.2, 0.25) is 0 Å². The number of carbonyl (C=O) groups is 2. The molecule has 7 rings (SSSR count). The van der Waals surface area contributed by atoms with Gasteiger partial charge in [-0.2, -0.15) is 0 Å². The fourth-order valence-corrected chi connectivity index (χ4v) is 8.74. The van der Waals surface area contributed by atoms with Gasteiger partial charge in [0.25, 0.3) is 0 Å². The van der Waals surface area contributed by atoms with Crippen molar-refractivity contribution in [3.63, 3.8) is 0 Å². The molecule has 0 saturated carbocycles. The third-order valence-electron chi connectivity index (χ3n) is 11.0. The molecule has 1 N–H and O–H groups in total. The van der Waals surface area contributed by atoms with Crippen molar-refractivity contribution >= 4 is 22.8 Å². The van der Waals surface area contributed by atoms with Crippen molar-refractivity contribution in [1.29, 1.82) is 0 Å². The van der Waals surface area contributed by atoms with E-state index in [-0.39, 0.29) is 17.2 Å². The Balaban J connectivity index is 1.06. The van der Waals surface area contributed by atoms with E-state index in [1.54, 1.807) is 0 Å². The van der Waals surface area contributed by atoms with E-state index in [0.29, 0.717) is 31.2 Å². The minimum absolute atomic E-state index is 0.0134. The molecule has 0 spiro atoms. The van der Waals surface area contributed by atoms with Crippen molar-refractivity contribution in [2.75, 3.05) is 19.6 Å². The number of hydrogen-bond donors (Lipinski definition) is 1. The lowest BCUT2D eigenvalue weighted by atomic mass is 9.70. The van der Waals surface area contributed by atoms with Crippen LogP contribution in [0.15, 0.2) is 84.9 Å². The molecule has 7 nitrogen and oxygen atoms in total. The van der Waals surface area contributed by atoms with Gasteiger partial charge in [-0.05, 0) is 87.1 Å². The highest BCUT2D eigenvalue weighted by Crippen LogP contribution is 2.45. The minimum atomic E-state index is -0.652. The molecule has 234 valence electrons. The van der Waals surface area contributed by atoms with Crippen LogP contribution in [0, 0.1) is 6.92 Å². The zero-order chi connectivity index (χ0) is 31.0. The molecule has 3 aromatic carbocycles. The normalized spacial score (nSPS) is 23.6. The number of imidazole rings is 1. The number of hydrogen-bond acceptors (Lipinski definition) is 4. The number of fused-ring (bicyclic) bond motifs is 3. The molecule has 2 bridgehead atoms. The molecule has 45 heavy (non-hydrogen) atoms. The van der Waals surface area contributed by atoms with Crippen molar-refractivity contribution in [2.24, 2.45) is 0 Å². The van der Waals surface area contributed by atoms with Gasteiger partial charge >= 0.3 is 0 Å². The number of rotatable bonds is 8. The highest BCUT2D eigenvalue weighted by molar-refractivity contribution is 5.88. The molecule has 0 radical (unpaired) electrons. The topological polar surface area (TPSA) is 70.5 Å². The smallest absolute Gasteiger partial charge is 0.249 e. The van der Waals surface area contributed by atoms with Gasteiger partial charge in [0.15, 0.2) is 0 Å². The van der Waals surface area contributed by atoms with E-state index >= 15 is 0 Å². The Morgan fingerprint density at radius 3 is 2.16 bits per heavy atom. The number of nitrogens with one attached hydrogen (secondary N) is 1. The summed E-state index contributed by atoms with van der Waals surface area (Å²) < 4.78 is 2.51. The SMILES string of the molecule is CC(=O)NC(C(=O)N1CCC(CCN2[C@@H]3CC[C@H]2C[C@@H](n2c(C)nc4ccccc42)C3)(c2ccccc2)CC1)c1ccccc1. The van der Waals surface area contributed by atoms with Crippen molar-refractivity contribution in [2.45, 2.75) is 88.4 Å². The number of likely N-dealkylation sites (tertiary alicyclic amines) is 1. The summed E-state index contributed by atoms with van der Waals surface area (Å²) >= 11 is 0. The Morgan fingerprint density at radius 1 is 0.867 bits per heavy atom. The van der Waals surface area contributed by atoms with Gasteiger partial charge in [0, 0.05) is 38.1 Å². The van der Waals surface area contributed by atoms with Crippen LogP contribution in [0.25, 0.3) is 11.0 Å². The second kappa shape index (κ2) is 12.4. The molecule has 4 heterocycles. The predicted molar refractivity (Wildman–Crippen MR) is 178 cm³/mol. The van der Waals surface area contributed by atoms with Crippen LogP contribution in [0.5, 0.6) is 0 Å². The highest BCUT2D eigenvalue weighted by atomic mass is 16.2. The van der Waals surface area contributed by atoms with Gasteiger partial charge in [-0.15, -0.1) is 0 Å². The molecule has 4 atom stereocenters. The molecular formula is C38H45N5O2. The van der Waals surface area contributed by atoms with Gasteiger partial charge in [0.2, 0.25) is 11.8 Å². The van der Waals surface area contributed by atoms with E-state index in [1.807, 2.05) is 35.2 Å². The lowest BCUT2D eigenvalue weighted by Gasteiger charge is -2.46. The molecular weight excluding hydrogens is 558 g/mol. The van der Waals surface area contributed by atoms with E-state index in [2.05, 4.69) is 76.3 Å². The second-order valence-electron chi connectivity index (χ2n) is 13.5. The lowest BCUT2D eigenvalue weighted by molar-refractivity contribution is -0.137. The molecule has 1 unspecified atom stereocenters. The first-order chi connectivity index (χ1) is 21.9. The number of piperidine rings is 2. The van der Waals surface area contributed by atoms with Crippen LogP contribution in [0.4, 0.5) is 0 Å². The second-order valence-corrected chi connectivity index (χ2v) is 13.5. The molecule has 4 aromatic rings. The third kappa shape index (κ3) is 5.79. The van der Waals surface area contributed by atoms with Gasteiger partial charge in [-0.25, -0.2) is 4.98 Å². The predicted octanol–water partition coefficient (Wildman–Crippen LogP) is 6.34. The molecule has 3 aliphatic heterocycles. The number of aryl methyl sites for hydroxylation is 1. The van der Waals surface area contributed by atoms with Gasteiger partial charge in [-0.3, -0.25) is 14.5 Å².